The van der Waals surface area contributed by atoms with Crippen LogP contribution in [0.2, 0.25) is 0 Å². The van der Waals surface area contributed by atoms with Gasteiger partial charge in [-0.25, -0.2) is 0 Å². The summed E-state index contributed by atoms with van der Waals surface area (Å²) in [5.74, 6) is 0. The lowest BCUT2D eigenvalue weighted by Crippen LogP contribution is -2.55. The molecule has 1 N–H and O–H groups in total. The molecule has 0 bridgehead atoms. The van der Waals surface area contributed by atoms with Gasteiger partial charge in [-0.2, -0.15) is 0 Å². The van der Waals surface area contributed by atoms with Gasteiger partial charge in [0.25, 0.3) is 0 Å². The molecule has 0 aromatic rings. The lowest BCUT2D eigenvalue weighted by molar-refractivity contribution is 0.0419. The van der Waals surface area contributed by atoms with E-state index in [1.165, 1.54) is 39.1 Å². The molecule has 0 spiro atoms. The Bertz CT molecular complexity index is 239. The molecule has 0 radical (unpaired) electrons. The summed E-state index contributed by atoms with van der Waals surface area (Å²) >= 11 is 0. The third-order valence-electron chi connectivity index (χ3n) is 4.38. The predicted octanol–water partition coefficient (Wildman–Crippen LogP) is 2.04. The van der Waals surface area contributed by atoms with E-state index in [-0.39, 0.29) is 0 Å². The first kappa shape index (κ1) is 15.9. The fourth-order valence-electron chi connectivity index (χ4n) is 2.84. The van der Waals surface area contributed by atoms with Crippen LogP contribution in [0.25, 0.3) is 0 Å². The lowest BCUT2D eigenvalue weighted by atomic mass is 9.86. The molecule has 0 aliphatic carbocycles. The van der Waals surface area contributed by atoms with Crippen LogP contribution in [0, 0.1) is 5.41 Å². The van der Waals surface area contributed by atoms with Gasteiger partial charge in [0, 0.05) is 44.8 Å². The average Bonchev–Trinajstić information content (AvgIpc) is 2.29. The maximum atomic E-state index is 3.34. The van der Waals surface area contributed by atoms with Crippen LogP contribution in [0.4, 0.5) is 0 Å². The quantitative estimate of drug-likeness (QED) is 0.811. The summed E-state index contributed by atoms with van der Waals surface area (Å²) in [6.45, 7) is 18.9. The number of nitrogens with zero attached hydrogens (tertiary/aromatic N) is 2. The van der Waals surface area contributed by atoms with E-state index >= 15 is 0 Å². The van der Waals surface area contributed by atoms with Crippen molar-refractivity contribution in [3.8, 4) is 0 Å². The third-order valence-corrected chi connectivity index (χ3v) is 4.38. The second-order valence-corrected chi connectivity index (χ2v) is 7.13. The molecule has 1 aliphatic rings. The van der Waals surface area contributed by atoms with E-state index in [0.717, 1.165) is 6.54 Å². The Morgan fingerprint density at radius 1 is 1.00 bits per heavy atom. The molecule has 1 fully saturated rings. The number of hydrogen-bond donors (Lipinski definition) is 1. The molecule has 3 nitrogen and oxygen atoms in total. The SMILES string of the molecule is CCC(C)(CNC)CN1CCN(C(C)(C)C)CC1. The molecule has 1 atom stereocenters. The van der Waals surface area contributed by atoms with Crippen molar-refractivity contribution in [1.82, 2.24) is 15.1 Å². The zero-order chi connectivity index (χ0) is 13.8. The second kappa shape index (κ2) is 6.36. The predicted molar refractivity (Wildman–Crippen MR) is 80.1 cm³/mol. The standard InChI is InChI=1S/C15H33N3/c1-7-15(5,12-16-6)13-17-8-10-18(11-9-17)14(2,3)4/h16H,7-13H2,1-6H3. The first-order chi connectivity index (χ1) is 8.30. The molecule has 0 aromatic carbocycles. The van der Waals surface area contributed by atoms with E-state index in [1.807, 2.05) is 0 Å². The molecule has 1 aliphatic heterocycles. The molecule has 0 aromatic heterocycles. The Hall–Kier alpha value is -0.120. The van der Waals surface area contributed by atoms with Gasteiger partial charge in [-0.15, -0.1) is 0 Å². The van der Waals surface area contributed by atoms with Crippen LogP contribution in [0.3, 0.4) is 0 Å². The smallest absolute Gasteiger partial charge is 0.0126 e. The molecular formula is C15H33N3. The van der Waals surface area contributed by atoms with Crippen molar-refractivity contribution in [2.45, 2.75) is 46.6 Å². The first-order valence-electron chi connectivity index (χ1n) is 7.43. The van der Waals surface area contributed by atoms with Gasteiger partial charge in [-0.1, -0.05) is 13.8 Å². The molecule has 3 heteroatoms. The summed E-state index contributed by atoms with van der Waals surface area (Å²) in [5, 5.41) is 3.34. The number of hydrogen-bond acceptors (Lipinski definition) is 3. The Labute approximate surface area is 114 Å². The van der Waals surface area contributed by atoms with E-state index < -0.39 is 0 Å². The van der Waals surface area contributed by atoms with Crippen LogP contribution >= 0.6 is 0 Å². The van der Waals surface area contributed by atoms with Gasteiger partial charge >= 0.3 is 0 Å². The zero-order valence-electron chi connectivity index (χ0n) is 13.3. The highest BCUT2D eigenvalue weighted by molar-refractivity contribution is 4.85. The van der Waals surface area contributed by atoms with Gasteiger partial charge in [-0.3, -0.25) is 4.90 Å². The number of nitrogens with one attached hydrogen (secondary N) is 1. The van der Waals surface area contributed by atoms with E-state index in [1.54, 1.807) is 0 Å². The van der Waals surface area contributed by atoms with E-state index in [0.29, 0.717) is 11.0 Å². The summed E-state index contributed by atoms with van der Waals surface area (Å²) in [5.41, 5.74) is 0.740. The van der Waals surface area contributed by atoms with E-state index in [9.17, 15) is 0 Å². The van der Waals surface area contributed by atoms with Gasteiger partial charge in [0.15, 0.2) is 0 Å². The molecule has 1 unspecified atom stereocenters. The lowest BCUT2D eigenvalue weighted by Gasteiger charge is -2.44. The minimum atomic E-state index is 0.325. The van der Waals surface area contributed by atoms with Gasteiger partial charge in [0.05, 0.1) is 0 Å². The molecule has 0 amide bonds. The Morgan fingerprint density at radius 3 is 1.94 bits per heavy atom. The largest absolute Gasteiger partial charge is 0.319 e. The minimum absolute atomic E-state index is 0.325. The molecule has 108 valence electrons. The minimum Gasteiger partial charge on any atom is -0.319 e. The molecule has 0 saturated carbocycles. The summed E-state index contributed by atoms with van der Waals surface area (Å²) in [6, 6.07) is 0. The fraction of sp³-hybridized carbons (Fsp3) is 1.00. The van der Waals surface area contributed by atoms with Gasteiger partial charge < -0.3 is 10.2 Å². The summed E-state index contributed by atoms with van der Waals surface area (Å²) in [6.07, 6.45) is 1.24. The highest BCUT2D eigenvalue weighted by atomic mass is 15.3. The molecule has 1 saturated heterocycles. The van der Waals surface area contributed by atoms with Gasteiger partial charge in [-0.05, 0) is 39.7 Å². The Balaban J connectivity index is 2.44. The van der Waals surface area contributed by atoms with Crippen LogP contribution in [-0.4, -0.2) is 61.7 Å². The van der Waals surface area contributed by atoms with Gasteiger partial charge in [0.2, 0.25) is 0 Å². The monoisotopic (exact) mass is 255 g/mol. The van der Waals surface area contributed by atoms with E-state index in [4.69, 9.17) is 0 Å². The maximum absolute atomic E-state index is 3.34. The summed E-state index contributed by atoms with van der Waals surface area (Å²) in [7, 11) is 2.06. The van der Waals surface area contributed by atoms with Crippen LogP contribution in [-0.2, 0) is 0 Å². The van der Waals surface area contributed by atoms with Crippen LogP contribution in [0.5, 0.6) is 0 Å². The number of piperazine rings is 1. The van der Waals surface area contributed by atoms with Crippen LogP contribution < -0.4 is 5.32 Å². The molecule has 18 heavy (non-hydrogen) atoms. The highest BCUT2D eigenvalue weighted by Gasteiger charge is 2.29. The zero-order valence-corrected chi connectivity index (χ0v) is 13.3. The topological polar surface area (TPSA) is 18.5 Å². The molecular weight excluding hydrogens is 222 g/mol. The van der Waals surface area contributed by atoms with Crippen molar-refractivity contribution >= 4 is 0 Å². The van der Waals surface area contributed by atoms with Crippen molar-refractivity contribution in [3.05, 3.63) is 0 Å². The van der Waals surface area contributed by atoms with Crippen molar-refractivity contribution in [2.24, 2.45) is 5.41 Å². The second-order valence-electron chi connectivity index (χ2n) is 7.13. The van der Waals surface area contributed by atoms with Crippen LogP contribution in [0.1, 0.15) is 41.0 Å². The average molecular weight is 255 g/mol. The Kier molecular flexibility index (Phi) is 5.63. The van der Waals surface area contributed by atoms with Crippen molar-refractivity contribution < 1.29 is 0 Å². The van der Waals surface area contributed by atoms with Crippen molar-refractivity contribution in [1.29, 1.82) is 0 Å². The van der Waals surface area contributed by atoms with E-state index in [2.05, 4.69) is 56.8 Å². The molecule has 1 rings (SSSR count). The third kappa shape index (κ3) is 4.52. The van der Waals surface area contributed by atoms with Crippen molar-refractivity contribution in [3.63, 3.8) is 0 Å². The number of rotatable bonds is 5. The molecule has 1 heterocycles. The fourth-order valence-corrected chi connectivity index (χ4v) is 2.84. The maximum Gasteiger partial charge on any atom is 0.0126 e. The van der Waals surface area contributed by atoms with Crippen molar-refractivity contribution in [2.75, 3.05) is 46.3 Å². The van der Waals surface area contributed by atoms with Crippen LogP contribution in [0.15, 0.2) is 0 Å². The Morgan fingerprint density at radius 2 is 1.56 bits per heavy atom. The summed E-state index contributed by atoms with van der Waals surface area (Å²) in [4.78, 5) is 5.24. The van der Waals surface area contributed by atoms with Gasteiger partial charge in [0.1, 0.15) is 0 Å². The summed E-state index contributed by atoms with van der Waals surface area (Å²) < 4.78 is 0. The highest BCUT2D eigenvalue weighted by Crippen LogP contribution is 2.23. The normalized spacial score (nSPS) is 23.0. The first-order valence-corrected chi connectivity index (χ1v) is 7.43.